The van der Waals surface area contributed by atoms with E-state index in [1.807, 2.05) is 0 Å². The van der Waals surface area contributed by atoms with Crippen molar-refractivity contribution in [3.8, 4) is 17.6 Å². The Morgan fingerprint density at radius 2 is 2.20 bits per heavy atom. The van der Waals surface area contributed by atoms with Crippen LogP contribution >= 0.6 is 0 Å². The van der Waals surface area contributed by atoms with Gasteiger partial charge in [-0.05, 0) is 32.3 Å². The molecule has 6 heteroatoms. The first kappa shape index (κ1) is 13.9. The molecule has 0 aromatic heterocycles. The molecular weight excluding hydrogens is 262 g/mol. The molecule has 1 N–H and O–H groups in total. The molecule has 1 aliphatic carbocycles. The van der Waals surface area contributed by atoms with Gasteiger partial charge in [-0.3, -0.25) is 10.1 Å². The summed E-state index contributed by atoms with van der Waals surface area (Å²) in [5.74, 6) is 4.47. The van der Waals surface area contributed by atoms with Crippen molar-refractivity contribution in [2.75, 3.05) is 0 Å². The Hall–Kier alpha value is -2.55. The van der Waals surface area contributed by atoms with Gasteiger partial charge in [0.05, 0.1) is 10.5 Å². The highest BCUT2D eigenvalue weighted by molar-refractivity contribution is 5.88. The van der Waals surface area contributed by atoms with Crippen LogP contribution in [0.15, 0.2) is 18.2 Å². The van der Waals surface area contributed by atoms with Crippen LogP contribution in [0.4, 0.5) is 5.69 Å². The highest BCUT2D eigenvalue weighted by Gasteiger charge is 2.39. The number of carbonyl (C=O) groups is 1. The Morgan fingerprint density at radius 1 is 1.50 bits per heavy atom. The van der Waals surface area contributed by atoms with Gasteiger partial charge >= 0.3 is 11.7 Å². The number of hydrogen-bond donors (Lipinski definition) is 1. The Labute approximate surface area is 115 Å². The quantitative estimate of drug-likeness (QED) is 0.518. The molecule has 6 nitrogen and oxygen atoms in total. The topological polar surface area (TPSA) is 89.7 Å². The van der Waals surface area contributed by atoms with Crippen molar-refractivity contribution in [2.45, 2.75) is 31.8 Å². The molecule has 0 aliphatic heterocycles. The number of rotatable bonds is 4. The van der Waals surface area contributed by atoms with E-state index in [1.165, 1.54) is 12.1 Å². The second-order valence-corrected chi connectivity index (χ2v) is 4.57. The van der Waals surface area contributed by atoms with E-state index < -0.39 is 16.5 Å². The maximum absolute atomic E-state index is 11.0. The fourth-order valence-electron chi connectivity index (χ4n) is 2.07. The molecule has 0 radical (unpaired) electrons. The average molecular weight is 275 g/mol. The third-order valence-electron chi connectivity index (χ3n) is 3.22. The Morgan fingerprint density at radius 3 is 2.65 bits per heavy atom. The SMILES string of the molecule is CC#CC1(Oc2cc(C(=O)O)ccc2[N+](=O)[O-])CCC1. The lowest BCUT2D eigenvalue weighted by molar-refractivity contribution is -0.386. The Bertz CT molecular complexity index is 622. The smallest absolute Gasteiger partial charge is 0.335 e. The van der Waals surface area contributed by atoms with Gasteiger partial charge < -0.3 is 9.84 Å². The third-order valence-corrected chi connectivity index (χ3v) is 3.22. The van der Waals surface area contributed by atoms with Gasteiger partial charge in [0.1, 0.15) is 0 Å². The summed E-state index contributed by atoms with van der Waals surface area (Å²) in [5.41, 5.74) is -1.03. The van der Waals surface area contributed by atoms with E-state index in [1.54, 1.807) is 6.92 Å². The molecule has 20 heavy (non-hydrogen) atoms. The molecule has 0 unspecified atom stereocenters. The van der Waals surface area contributed by atoms with Crippen molar-refractivity contribution in [3.05, 3.63) is 33.9 Å². The van der Waals surface area contributed by atoms with Crippen LogP contribution in [0.5, 0.6) is 5.75 Å². The predicted octanol–water partition coefficient (Wildman–Crippen LogP) is 2.62. The number of nitrogens with zero attached hydrogens (tertiary/aromatic N) is 1. The molecule has 0 spiro atoms. The van der Waals surface area contributed by atoms with E-state index in [4.69, 9.17) is 9.84 Å². The van der Waals surface area contributed by atoms with E-state index in [-0.39, 0.29) is 17.0 Å². The summed E-state index contributed by atoms with van der Waals surface area (Å²) in [4.78, 5) is 21.4. The largest absolute Gasteiger partial charge is 0.478 e. The molecule has 1 fully saturated rings. The van der Waals surface area contributed by atoms with E-state index in [2.05, 4.69) is 11.8 Å². The first-order valence-electron chi connectivity index (χ1n) is 6.12. The lowest BCUT2D eigenvalue weighted by Crippen LogP contribution is -2.41. The lowest BCUT2D eigenvalue weighted by atomic mass is 9.80. The molecule has 0 atom stereocenters. The van der Waals surface area contributed by atoms with Gasteiger partial charge in [0, 0.05) is 12.1 Å². The zero-order valence-electron chi connectivity index (χ0n) is 10.9. The van der Waals surface area contributed by atoms with Gasteiger partial charge in [0.15, 0.2) is 11.4 Å². The van der Waals surface area contributed by atoms with Crippen molar-refractivity contribution in [1.82, 2.24) is 0 Å². The molecule has 2 rings (SSSR count). The summed E-state index contributed by atoms with van der Waals surface area (Å²) in [6.45, 7) is 1.67. The number of carboxylic acids is 1. The normalized spacial score (nSPS) is 15.4. The van der Waals surface area contributed by atoms with Crippen molar-refractivity contribution >= 4 is 11.7 Å². The van der Waals surface area contributed by atoms with E-state index in [0.29, 0.717) is 12.8 Å². The van der Waals surface area contributed by atoms with Gasteiger partial charge in [-0.15, -0.1) is 5.92 Å². The minimum atomic E-state index is -1.16. The highest BCUT2D eigenvalue weighted by atomic mass is 16.6. The Kier molecular flexibility index (Phi) is 3.61. The molecule has 104 valence electrons. The van der Waals surface area contributed by atoms with Gasteiger partial charge in [0.25, 0.3) is 0 Å². The van der Waals surface area contributed by atoms with Crippen molar-refractivity contribution < 1.29 is 19.6 Å². The molecule has 0 bridgehead atoms. The molecule has 1 aromatic carbocycles. The van der Waals surface area contributed by atoms with Gasteiger partial charge in [-0.25, -0.2) is 4.79 Å². The standard InChI is InChI=1S/C14H13NO5/c1-2-6-14(7-3-8-14)20-12-9-10(13(16)17)4-5-11(12)15(18)19/h4-5,9H,3,7-8H2,1H3,(H,16,17). The average Bonchev–Trinajstić information content (AvgIpc) is 2.35. The van der Waals surface area contributed by atoms with Gasteiger partial charge in [-0.2, -0.15) is 0 Å². The highest BCUT2D eigenvalue weighted by Crippen LogP contribution is 2.39. The van der Waals surface area contributed by atoms with Crippen LogP contribution in [-0.4, -0.2) is 21.6 Å². The van der Waals surface area contributed by atoms with Crippen molar-refractivity contribution in [1.29, 1.82) is 0 Å². The first-order chi connectivity index (χ1) is 9.47. The molecule has 0 saturated heterocycles. The van der Waals surface area contributed by atoms with Crippen LogP contribution in [-0.2, 0) is 0 Å². The molecule has 1 aromatic rings. The van der Waals surface area contributed by atoms with Crippen LogP contribution in [0.3, 0.4) is 0 Å². The number of aromatic carboxylic acids is 1. The van der Waals surface area contributed by atoms with E-state index >= 15 is 0 Å². The minimum absolute atomic E-state index is 0.0441. The monoisotopic (exact) mass is 275 g/mol. The number of benzene rings is 1. The fourth-order valence-corrected chi connectivity index (χ4v) is 2.07. The maximum atomic E-state index is 11.0. The summed E-state index contributed by atoms with van der Waals surface area (Å²) in [5, 5.41) is 20.0. The molecular formula is C14H13NO5. The van der Waals surface area contributed by atoms with Crippen molar-refractivity contribution in [3.63, 3.8) is 0 Å². The number of carboxylic acid groups (broad SMARTS) is 1. The second-order valence-electron chi connectivity index (χ2n) is 4.57. The summed E-state index contributed by atoms with van der Waals surface area (Å²) < 4.78 is 5.68. The van der Waals surface area contributed by atoms with Crippen LogP contribution in [0.1, 0.15) is 36.5 Å². The summed E-state index contributed by atoms with van der Waals surface area (Å²) in [7, 11) is 0. The molecule has 0 amide bonds. The second kappa shape index (κ2) is 5.21. The lowest BCUT2D eigenvalue weighted by Gasteiger charge is -2.37. The number of hydrogen-bond acceptors (Lipinski definition) is 4. The van der Waals surface area contributed by atoms with Crippen LogP contribution in [0, 0.1) is 22.0 Å². The van der Waals surface area contributed by atoms with Gasteiger partial charge in [-0.1, -0.05) is 5.92 Å². The molecule has 0 heterocycles. The van der Waals surface area contributed by atoms with Crippen LogP contribution < -0.4 is 4.74 Å². The third kappa shape index (κ3) is 2.57. The number of nitro groups is 1. The van der Waals surface area contributed by atoms with Gasteiger partial charge in [0.2, 0.25) is 0 Å². The van der Waals surface area contributed by atoms with E-state index in [0.717, 1.165) is 12.5 Å². The number of nitro benzene ring substituents is 1. The first-order valence-corrected chi connectivity index (χ1v) is 6.12. The summed E-state index contributed by atoms with van der Waals surface area (Å²) >= 11 is 0. The summed E-state index contributed by atoms with van der Waals surface area (Å²) in [6, 6.07) is 3.51. The molecule has 1 saturated carbocycles. The van der Waals surface area contributed by atoms with Crippen LogP contribution in [0.25, 0.3) is 0 Å². The minimum Gasteiger partial charge on any atom is -0.478 e. The summed E-state index contributed by atoms with van der Waals surface area (Å²) in [6.07, 6.45) is 2.30. The Balaban J connectivity index is 2.41. The van der Waals surface area contributed by atoms with Crippen molar-refractivity contribution in [2.24, 2.45) is 0 Å². The van der Waals surface area contributed by atoms with Crippen LogP contribution in [0.2, 0.25) is 0 Å². The molecule has 1 aliphatic rings. The predicted molar refractivity (Wildman–Crippen MR) is 70.7 cm³/mol. The maximum Gasteiger partial charge on any atom is 0.335 e. The fraction of sp³-hybridized carbons (Fsp3) is 0.357. The zero-order chi connectivity index (χ0) is 14.8. The number of ether oxygens (including phenoxy) is 1. The van der Waals surface area contributed by atoms with E-state index in [9.17, 15) is 14.9 Å². The zero-order valence-corrected chi connectivity index (χ0v) is 10.9.